The third-order valence-corrected chi connectivity index (χ3v) is 3.07. The number of nitrogens with zero attached hydrogens (tertiary/aromatic N) is 1. The molecule has 20 heavy (non-hydrogen) atoms. The van der Waals surface area contributed by atoms with Crippen molar-refractivity contribution in [2.45, 2.75) is 18.9 Å². The normalized spacial score (nSPS) is 14.5. The predicted molar refractivity (Wildman–Crippen MR) is 72.9 cm³/mol. The summed E-state index contributed by atoms with van der Waals surface area (Å²) in [5.74, 6) is -1.08. The van der Waals surface area contributed by atoms with Gasteiger partial charge in [-0.25, -0.2) is 13.6 Å². The number of aliphatic carboxylic acids is 1. The number of alkyl halides is 2. The van der Waals surface area contributed by atoms with Crippen LogP contribution < -0.4 is 5.32 Å². The number of likely N-dealkylation sites (N-methyl/N-ethyl adjacent to an activating group) is 2. The highest BCUT2D eigenvalue weighted by atomic mass is 19.3. The topological polar surface area (TPSA) is 52.6 Å². The Morgan fingerprint density at radius 3 is 2.45 bits per heavy atom. The second-order valence-corrected chi connectivity index (χ2v) is 4.69. The van der Waals surface area contributed by atoms with Crippen molar-refractivity contribution in [3.8, 4) is 0 Å². The van der Waals surface area contributed by atoms with Crippen molar-refractivity contribution in [2.24, 2.45) is 0 Å². The minimum absolute atomic E-state index is 0.0372. The number of carboxylic acids is 1. The van der Waals surface area contributed by atoms with Crippen LogP contribution in [0.1, 0.15) is 12.5 Å². The van der Waals surface area contributed by atoms with Crippen LogP contribution in [-0.4, -0.2) is 49.1 Å². The van der Waals surface area contributed by atoms with E-state index in [1.165, 1.54) is 11.9 Å². The molecule has 112 valence electrons. The number of benzene rings is 1. The van der Waals surface area contributed by atoms with Gasteiger partial charge in [-0.3, -0.25) is 10.2 Å². The fraction of sp³-hybridized carbons (Fsp3) is 0.500. The van der Waals surface area contributed by atoms with Gasteiger partial charge in [0.2, 0.25) is 0 Å². The van der Waals surface area contributed by atoms with E-state index < -0.39 is 24.5 Å². The molecule has 0 heterocycles. The first-order valence-electron chi connectivity index (χ1n) is 6.43. The predicted octanol–water partition coefficient (Wildman–Crippen LogP) is 1.77. The summed E-state index contributed by atoms with van der Waals surface area (Å²) < 4.78 is 24.9. The molecule has 1 aromatic carbocycles. The lowest BCUT2D eigenvalue weighted by atomic mass is 9.89. The van der Waals surface area contributed by atoms with Gasteiger partial charge < -0.3 is 5.11 Å². The van der Waals surface area contributed by atoms with Crippen LogP contribution in [0, 0.1) is 0 Å². The summed E-state index contributed by atoms with van der Waals surface area (Å²) in [5, 5.41) is 12.5. The van der Waals surface area contributed by atoms with Gasteiger partial charge in [-0.05, 0) is 19.2 Å². The SMILES string of the molecule is CCNC(CN(C)CC(F)F)(C(=O)O)c1ccccc1. The van der Waals surface area contributed by atoms with E-state index in [0.29, 0.717) is 12.1 Å². The first-order valence-corrected chi connectivity index (χ1v) is 6.43. The van der Waals surface area contributed by atoms with Gasteiger partial charge in [0.15, 0.2) is 5.54 Å². The van der Waals surface area contributed by atoms with Crippen LogP contribution >= 0.6 is 0 Å². The molecular weight excluding hydrogens is 266 g/mol. The fourth-order valence-electron chi connectivity index (χ4n) is 2.25. The highest BCUT2D eigenvalue weighted by Gasteiger charge is 2.40. The van der Waals surface area contributed by atoms with E-state index in [2.05, 4.69) is 5.32 Å². The Labute approximate surface area is 117 Å². The van der Waals surface area contributed by atoms with E-state index in [1.54, 1.807) is 37.3 Å². The lowest BCUT2D eigenvalue weighted by molar-refractivity contribution is -0.146. The van der Waals surface area contributed by atoms with Crippen molar-refractivity contribution >= 4 is 5.97 Å². The number of nitrogens with one attached hydrogen (secondary N) is 1. The Morgan fingerprint density at radius 1 is 1.40 bits per heavy atom. The van der Waals surface area contributed by atoms with Crippen LogP contribution in [-0.2, 0) is 10.3 Å². The minimum atomic E-state index is -2.50. The summed E-state index contributed by atoms with van der Waals surface area (Å²) in [4.78, 5) is 13.1. The average molecular weight is 286 g/mol. The summed E-state index contributed by atoms with van der Waals surface area (Å²) in [5.41, 5.74) is -0.838. The summed E-state index contributed by atoms with van der Waals surface area (Å²) in [6.07, 6.45) is -2.50. The Hall–Kier alpha value is -1.53. The fourth-order valence-corrected chi connectivity index (χ4v) is 2.25. The molecule has 0 saturated heterocycles. The maximum atomic E-state index is 12.4. The summed E-state index contributed by atoms with van der Waals surface area (Å²) in [6, 6.07) is 8.62. The van der Waals surface area contributed by atoms with Crippen LogP contribution in [0.15, 0.2) is 30.3 Å². The molecule has 1 rings (SSSR count). The zero-order chi connectivity index (χ0) is 15.2. The highest BCUT2D eigenvalue weighted by Crippen LogP contribution is 2.23. The van der Waals surface area contributed by atoms with Crippen LogP contribution in [0.25, 0.3) is 0 Å². The van der Waals surface area contributed by atoms with Gasteiger partial charge in [-0.2, -0.15) is 0 Å². The van der Waals surface area contributed by atoms with E-state index in [0.717, 1.165) is 0 Å². The molecule has 0 radical (unpaired) electrons. The lowest BCUT2D eigenvalue weighted by Crippen LogP contribution is -2.56. The monoisotopic (exact) mass is 286 g/mol. The molecule has 6 heteroatoms. The van der Waals surface area contributed by atoms with E-state index in [4.69, 9.17) is 0 Å². The quantitative estimate of drug-likeness (QED) is 0.765. The van der Waals surface area contributed by atoms with E-state index in [9.17, 15) is 18.7 Å². The third-order valence-electron chi connectivity index (χ3n) is 3.07. The summed E-state index contributed by atoms with van der Waals surface area (Å²) in [6.45, 7) is 1.70. The number of rotatable bonds is 8. The van der Waals surface area contributed by atoms with Gasteiger partial charge >= 0.3 is 5.97 Å². The van der Waals surface area contributed by atoms with E-state index in [1.807, 2.05) is 0 Å². The minimum Gasteiger partial charge on any atom is -0.480 e. The van der Waals surface area contributed by atoms with Gasteiger partial charge in [0.05, 0.1) is 6.54 Å². The zero-order valence-electron chi connectivity index (χ0n) is 11.6. The van der Waals surface area contributed by atoms with Crippen LogP contribution in [0.2, 0.25) is 0 Å². The number of hydrogen-bond donors (Lipinski definition) is 2. The number of halogens is 2. The van der Waals surface area contributed by atoms with Gasteiger partial charge in [0, 0.05) is 6.54 Å². The maximum absolute atomic E-state index is 12.4. The van der Waals surface area contributed by atoms with Crippen LogP contribution in [0.3, 0.4) is 0 Å². The highest BCUT2D eigenvalue weighted by molar-refractivity contribution is 5.81. The van der Waals surface area contributed by atoms with Crippen molar-refractivity contribution in [3.63, 3.8) is 0 Å². The van der Waals surface area contributed by atoms with Gasteiger partial charge in [0.1, 0.15) is 0 Å². The molecule has 0 aliphatic rings. The molecule has 0 saturated carbocycles. The van der Waals surface area contributed by atoms with E-state index in [-0.39, 0.29) is 6.54 Å². The smallest absolute Gasteiger partial charge is 0.329 e. The zero-order valence-corrected chi connectivity index (χ0v) is 11.6. The number of carbonyl (C=O) groups is 1. The van der Waals surface area contributed by atoms with Gasteiger partial charge in [0.25, 0.3) is 6.43 Å². The molecule has 0 amide bonds. The first-order chi connectivity index (χ1) is 9.42. The molecule has 0 spiro atoms. The number of hydrogen-bond acceptors (Lipinski definition) is 3. The molecule has 1 unspecified atom stereocenters. The largest absolute Gasteiger partial charge is 0.480 e. The van der Waals surface area contributed by atoms with Crippen molar-refractivity contribution in [1.82, 2.24) is 10.2 Å². The van der Waals surface area contributed by atoms with Crippen LogP contribution in [0.4, 0.5) is 8.78 Å². The maximum Gasteiger partial charge on any atom is 0.329 e. The lowest BCUT2D eigenvalue weighted by Gasteiger charge is -2.34. The molecule has 0 aliphatic carbocycles. The molecule has 0 bridgehead atoms. The average Bonchev–Trinajstić information content (AvgIpc) is 2.38. The van der Waals surface area contributed by atoms with Crippen molar-refractivity contribution in [3.05, 3.63) is 35.9 Å². The molecule has 1 aromatic rings. The third kappa shape index (κ3) is 3.98. The van der Waals surface area contributed by atoms with Crippen LogP contribution in [0.5, 0.6) is 0 Å². The van der Waals surface area contributed by atoms with Crippen molar-refractivity contribution in [1.29, 1.82) is 0 Å². The Balaban J connectivity index is 3.09. The molecule has 0 aromatic heterocycles. The standard InChI is InChI=1S/C14H20F2N2O2/c1-3-17-14(13(19)20,10-18(2)9-12(15)16)11-7-5-4-6-8-11/h4-8,12,17H,3,9-10H2,1-2H3,(H,19,20). The molecular formula is C14H20F2N2O2. The first kappa shape index (κ1) is 16.5. The van der Waals surface area contributed by atoms with Gasteiger partial charge in [-0.1, -0.05) is 37.3 Å². The second kappa shape index (κ2) is 7.31. The van der Waals surface area contributed by atoms with Gasteiger partial charge in [-0.15, -0.1) is 0 Å². The van der Waals surface area contributed by atoms with Crippen molar-refractivity contribution < 1.29 is 18.7 Å². The Morgan fingerprint density at radius 2 is 2.00 bits per heavy atom. The molecule has 0 aliphatic heterocycles. The molecule has 0 fully saturated rings. The summed E-state index contributed by atoms with van der Waals surface area (Å²) in [7, 11) is 1.49. The molecule has 4 nitrogen and oxygen atoms in total. The van der Waals surface area contributed by atoms with E-state index >= 15 is 0 Å². The Bertz CT molecular complexity index is 428. The molecule has 2 N–H and O–H groups in total. The molecule has 1 atom stereocenters. The summed E-state index contributed by atoms with van der Waals surface area (Å²) >= 11 is 0. The number of carboxylic acid groups (broad SMARTS) is 1. The second-order valence-electron chi connectivity index (χ2n) is 4.69. The Kier molecular flexibility index (Phi) is 6.04. The van der Waals surface area contributed by atoms with Crippen molar-refractivity contribution in [2.75, 3.05) is 26.7 Å².